The SMILES string of the molecule is CCCNc1nccc(N(C)CC)n1. The Balaban J connectivity index is 2.68. The normalized spacial score (nSPS) is 9.93. The van der Waals surface area contributed by atoms with Crippen LogP contribution in [-0.4, -0.2) is 30.1 Å². The summed E-state index contributed by atoms with van der Waals surface area (Å²) in [4.78, 5) is 10.6. The van der Waals surface area contributed by atoms with Crippen molar-refractivity contribution in [2.75, 3.05) is 30.4 Å². The predicted octanol–water partition coefficient (Wildman–Crippen LogP) is 1.75. The standard InChI is InChI=1S/C10H18N4/c1-4-7-11-10-12-8-6-9(13-10)14(3)5-2/h6,8H,4-5,7H2,1-3H3,(H,11,12,13). The van der Waals surface area contributed by atoms with E-state index < -0.39 is 0 Å². The molecule has 0 aliphatic carbocycles. The first-order valence-corrected chi connectivity index (χ1v) is 5.06. The van der Waals surface area contributed by atoms with Crippen molar-refractivity contribution in [3.05, 3.63) is 12.3 Å². The highest BCUT2D eigenvalue weighted by atomic mass is 15.2. The Kier molecular flexibility index (Phi) is 4.16. The summed E-state index contributed by atoms with van der Waals surface area (Å²) in [6.45, 7) is 6.08. The van der Waals surface area contributed by atoms with E-state index >= 15 is 0 Å². The van der Waals surface area contributed by atoms with Crippen molar-refractivity contribution in [2.24, 2.45) is 0 Å². The lowest BCUT2D eigenvalue weighted by Gasteiger charge is -2.15. The van der Waals surface area contributed by atoms with E-state index in [0.717, 1.165) is 25.3 Å². The van der Waals surface area contributed by atoms with Crippen molar-refractivity contribution >= 4 is 11.8 Å². The third kappa shape index (κ3) is 2.87. The summed E-state index contributed by atoms with van der Waals surface area (Å²) >= 11 is 0. The number of hydrogen-bond acceptors (Lipinski definition) is 4. The van der Waals surface area contributed by atoms with E-state index in [0.29, 0.717) is 5.95 Å². The van der Waals surface area contributed by atoms with Crippen LogP contribution in [-0.2, 0) is 0 Å². The van der Waals surface area contributed by atoms with Gasteiger partial charge in [0.1, 0.15) is 5.82 Å². The summed E-state index contributed by atoms with van der Waals surface area (Å²) < 4.78 is 0. The highest BCUT2D eigenvalue weighted by Gasteiger charge is 2.01. The third-order valence-electron chi connectivity index (χ3n) is 2.04. The lowest BCUT2D eigenvalue weighted by molar-refractivity contribution is 0.913. The van der Waals surface area contributed by atoms with Crippen molar-refractivity contribution in [1.29, 1.82) is 0 Å². The van der Waals surface area contributed by atoms with Gasteiger partial charge in [-0.15, -0.1) is 0 Å². The van der Waals surface area contributed by atoms with Gasteiger partial charge in [0.05, 0.1) is 0 Å². The van der Waals surface area contributed by atoms with Gasteiger partial charge in [-0.2, -0.15) is 4.98 Å². The van der Waals surface area contributed by atoms with Crippen molar-refractivity contribution in [1.82, 2.24) is 9.97 Å². The molecule has 14 heavy (non-hydrogen) atoms. The number of aromatic nitrogens is 2. The molecule has 0 unspecified atom stereocenters. The molecule has 1 heterocycles. The van der Waals surface area contributed by atoms with Crippen LogP contribution in [0.3, 0.4) is 0 Å². The van der Waals surface area contributed by atoms with Crippen LogP contribution in [0.25, 0.3) is 0 Å². The number of rotatable bonds is 5. The molecule has 0 saturated heterocycles. The molecular weight excluding hydrogens is 176 g/mol. The molecule has 0 radical (unpaired) electrons. The van der Waals surface area contributed by atoms with Crippen molar-refractivity contribution < 1.29 is 0 Å². The minimum atomic E-state index is 0.713. The van der Waals surface area contributed by atoms with Gasteiger partial charge in [0, 0.05) is 26.3 Å². The van der Waals surface area contributed by atoms with Crippen LogP contribution in [0.2, 0.25) is 0 Å². The van der Waals surface area contributed by atoms with Gasteiger partial charge in [-0.1, -0.05) is 6.92 Å². The fraction of sp³-hybridized carbons (Fsp3) is 0.600. The molecule has 0 bridgehead atoms. The molecule has 0 fully saturated rings. The minimum absolute atomic E-state index is 0.713. The van der Waals surface area contributed by atoms with Crippen LogP contribution in [0.15, 0.2) is 12.3 Å². The molecule has 0 aromatic carbocycles. The topological polar surface area (TPSA) is 41.1 Å². The van der Waals surface area contributed by atoms with Gasteiger partial charge in [-0.05, 0) is 19.4 Å². The zero-order chi connectivity index (χ0) is 10.4. The fourth-order valence-electron chi connectivity index (χ4n) is 1.05. The summed E-state index contributed by atoms with van der Waals surface area (Å²) in [6.07, 6.45) is 2.86. The van der Waals surface area contributed by atoms with Gasteiger partial charge < -0.3 is 10.2 Å². The van der Waals surface area contributed by atoms with E-state index in [9.17, 15) is 0 Å². The largest absolute Gasteiger partial charge is 0.360 e. The summed E-state index contributed by atoms with van der Waals surface area (Å²) in [5.74, 6) is 1.67. The molecule has 0 saturated carbocycles. The molecule has 1 aromatic heterocycles. The fourth-order valence-corrected chi connectivity index (χ4v) is 1.05. The number of nitrogens with zero attached hydrogens (tertiary/aromatic N) is 3. The third-order valence-corrected chi connectivity index (χ3v) is 2.04. The second kappa shape index (κ2) is 5.42. The van der Waals surface area contributed by atoms with Gasteiger partial charge >= 0.3 is 0 Å². The summed E-state index contributed by atoms with van der Waals surface area (Å²) in [5.41, 5.74) is 0. The maximum atomic E-state index is 4.38. The molecule has 78 valence electrons. The molecule has 1 aromatic rings. The molecule has 0 aliphatic rings. The van der Waals surface area contributed by atoms with Crippen LogP contribution in [0.1, 0.15) is 20.3 Å². The zero-order valence-electron chi connectivity index (χ0n) is 9.12. The Bertz CT molecular complexity index is 275. The van der Waals surface area contributed by atoms with Gasteiger partial charge in [-0.3, -0.25) is 0 Å². The van der Waals surface area contributed by atoms with E-state index in [1.165, 1.54) is 0 Å². The highest BCUT2D eigenvalue weighted by Crippen LogP contribution is 2.09. The van der Waals surface area contributed by atoms with E-state index in [1.807, 2.05) is 13.1 Å². The molecule has 0 aliphatic heterocycles. The van der Waals surface area contributed by atoms with Gasteiger partial charge in [0.25, 0.3) is 0 Å². The van der Waals surface area contributed by atoms with Crippen LogP contribution in [0.4, 0.5) is 11.8 Å². The van der Waals surface area contributed by atoms with Gasteiger partial charge in [0.15, 0.2) is 0 Å². The summed E-state index contributed by atoms with van der Waals surface area (Å²) in [5, 5.41) is 3.16. The average molecular weight is 194 g/mol. The maximum absolute atomic E-state index is 4.38. The molecule has 1 N–H and O–H groups in total. The van der Waals surface area contributed by atoms with Crippen LogP contribution in [0.5, 0.6) is 0 Å². The minimum Gasteiger partial charge on any atom is -0.360 e. The molecule has 1 rings (SSSR count). The summed E-state index contributed by atoms with van der Waals surface area (Å²) in [7, 11) is 2.02. The number of nitrogens with one attached hydrogen (secondary N) is 1. The Morgan fingerprint density at radius 3 is 2.86 bits per heavy atom. The molecule has 0 atom stereocenters. The van der Waals surface area contributed by atoms with E-state index in [1.54, 1.807) is 6.20 Å². The Hall–Kier alpha value is -1.32. The Morgan fingerprint density at radius 2 is 2.21 bits per heavy atom. The van der Waals surface area contributed by atoms with Crippen LogP contribution < -0.4 is 10.2 Å². The second-order valence-corrected chi connectivity index (χ2v) is 3.18. The molecule has 4 nitrogen and oxygen atoms in total. The first-order valence-electron chi connectivity index (χ1n) is 5.06. The lowest BCUT2D eigenvalue weighted by Crippen LogP contribution is -2.18. The van der Waals surface area contributed by atoms with Crippen molar-refractivity contribution in [3.8, 4) is 0 Å². The van der Waals surface area contributed by atoms with Crippen molar-refractivity contribution in [3.63, 3.8) is 0 Å². The Morgan fingerprint density at radius 1 is 1.43 bits per heavy atom. The maximum Gasteiger partial charge on any atom is 0.224 e. The smallest absolute Gasteiger partial charge is 0.224 e. The molecule has 0 amide bonds. The second-order valence-electron chi connectivity index (χ2n) is 3.18. The quantitative estimate of drug-likeness (QED) is 0.775. The highest BCUT2D eigenvalue weighted by molar-refractivity contribution is 5.41. The monoisotopic (exact) mass is 194 g/mol. The lowest BCUT2D eigenvalue weighted by atomic mass is 10.5. The zero-order valence-corrected chi connectivity index (χ0v) is 9.12. The van der Waals surface area contributed by atoms with Gasteiger partial charge in [-0.25, -0.2) is 4.98 Å². The number of hydrogen-bond donors (Lipinski definition) is 1. The number of anilines is 2. The Labute approximate surface area is 85.4 Å². The molecular formula is C10H18N4. The van der Waals surface area contributed by atoms with E-state index in [-0.39, 0.29) is 0 Å². The van der Waals surface area contributed by atoms with E-state index in [4.69, 9.17) is 0 Å². The van der Waals surface area contributed by atoms with Gasteiger partial charge in [0.2, 0.25) is 5.95 Å². The van der Waals surface area contributed by atoms with Crippen LogP contribution >= 0.6 is 0 Å². The first kappa shape index (κ1) is 10.8. The molecule has 4 heteroatoms. The van der Waals surface area contributed by atoms with E-state index in [2.05, 4.69) is 34.0 Å². The first-order chi connectivity index (χ1) is 6.77. The predicted molar refractivity (Wildman–Crippen MR) is 59.8 cm³/mol. The van der Waals surface area contributed by atoms with Crippen molar-refractivity contribution in [2.45, 2.75) is 20.3 Å². The summed E-state index contributed by atoms with van der Waals surface area (Å²) in [6, 6.07) is 1.92. The molecule has 0 spiro atoms. The average Bonchev–Trinajstić information content (AvgIpc) is 2.25. The van der Waals surface area contributed by atoms with Crippen LogP contribution in [0, 0.1) is 0 Å².